The van der Waals surface area contributed by atoms with Crippen LogP contribution in [0.15, 0.2) is 42.5 Å². The molecule has 2 aromatic rings. The minimum atomic E-state index is -3.34. The van der Waals surface area contributed by atoms with Gasteiger partial charge in [-0.05, 0) is 48.9 Å². The molecular formula is C17H19FN2O4S. The number of nitrogens with one attached hydrogen (secondary N) is 1. The summed E-state index contributed by atoms with van der Waals surface area (Å²) in [6, 6.07) is 10.4. The number of benzene rings is 2. The van der Waals surface area contributed by atoms with Crippen LogP contribution in [0, 0.1) is 12.7 Å². The van der Waals surface area contributed by atoms with Gasteiger partial charge in [0, 0.05) is 12.7 Å². The highest BCUT2D eigenvalue weighted by atomic mass is 32.2. The minimum Gasteiger partial charge on any atom is -0.484 e. The van der Waals surface area contributed by atoms with E-state index in [9.17, 15) is 17.6 Å². The average molecular weight is 366 g/mol. The van der Waals surface area contributed by atoms with Gasteiger partial charge < -0.3 is 10.1 Å². The molecule has 1 amide bonds. The van der Waals surface area contributed by atoms with Crippen molar-refractivity contribution in [2.75, 3.05) is 29.5 Å². The third kappa shape index (κ3) is 5.18. The van der Waals surface area contributed by atoms with Crippen LogP contribution in [0.2, 0.25) is 0 Å². The number of rotatable bonds is 6. The zero-order valence-electron chi connectivity index (χ0n) is 14.1. The molecule has 2 rings (SSSR count). The fraction of sp³-hybridized carbons (Fsp3) is 0.235. The number of aryl methyl sites for hydroxylation is 1. The molecule has 0 aromatic heterocycles. The summed E-state index contributed by atoms with van der Waals surface area (Å²) in [5, 5.41) is 2.58. The summed E-state index contributed by atoms with van der Waals surface area (Å²) in [6.07, 6.45) is 1.11. The molecule has 2 aromatic carbocycles. The first-order chi connectivity index (χ1) is 11.7. The van der Waals surface area contributed by atoms with Crippen molar-refractivity contribution in [1.82, 2.24) is 0 Å². The summed E-state index contributed by atoms with van der Waals surface area (Å²) in [6.45, 7) is 1.50. The number of nitrogens with zero attached hydrogens (tertiary/aromatic N) is 1. The van der Waals surface area contributed by atoms with Crippen molar-refractivity contribution in [3.05, 3.63) is 53.8 Å². The number of ether oxygens (including phenoxy) is 1. The van der Waals surface area contributed by atoms with E-state index in [1.807, 2.05) is 0 Å². The summed E-state index contributed by atoms with van der Waals surface area (Å²) < 4.78 is 42.6. The summed E-state index contributed by atoms with van der Waals surface area (Å²) in [5.74, 6) is -0.449. The van der Waals surface area contributed by atoms with Crippen molar-refractivity contribution in [3.8, 4) is 5.75 Å². The van der Waals surface area contributed by atoms with E-state index in [0.29, 0.717) is 17.1 Å². The topological polar surface area (TPSA) is 75.7 Å². The molecule has 0 aliphatic rings. The SMILES string of the molecule is Cc1ccc(F)cc1NC(=O)COc1ccc(N(C)S(C)(=O)=O)cc1. The lowest BCUT2D eigenvalue weighted by molar-refractivity contribution is -0.118. The maximum atomic E-state index is 13.2. The molecule has 0 radical (unpaired) electrons. The Morgan fingerprint density at radius 3 is 2.44 bits per heavy atom. The highest BCUT2D eigenvalue weighted by Gasteiger charge is 2.12. The number of sulfonamides is 1. The molecule has 0 saturated carbocycles. The normalized spacial score (nSPS) is 11.0. The van der Waals surface area contributed by atoms with Crippen LogP contribution < -0.4 is 14.4 Å². The highest BCUT2D eigenvalue weighted by molar-refractivity contribution is 7.92. The molecule has 0 atom stereocenters. The van der Waals surface area contributed by atoms with E-state index in [-0.39, 0.29) is 6.61 Å². The Morgan fingerprint density at radius 2 is 1.84 bits per heavy atom. The van der Waals surface area contributed by atoms with Crippen LogP contribution in [-0.4, -0.2) is 34.2 Å². The Hall–Kier alpha value is -2.61. The highest BCUT2D eigenvalue weighted by Crippen LogP contribution is 2.20. The van der Waals surface area contributed by atoms with E-state index in [1.165, 1.54) is 19.2 Å². The Labute approximate surface area is 146 Å². The van der Waals surface area contributed by atoms with Gasteiger partial charge in [0.1, 0.15) is 11.6 Å². The second-order valence-electron chi connectivity index (χ2n) is 5.52. The number of carbonyl (C=O) groups excluding carboxylic acids is 1. The third-order valence-electron chi connectivity index (χ3n) is 3.54. The lowest BCUT2D eigenvalue weighted by Crippen LogP contribution is -2.24. The number of hydrogen-bond acceptors (Lipinski definition) is 4. The van der Waals surface area contributed by atoms with Crippen LogP contribution in [0.25, 0.3) is 0 Å². The number of hydrogen-bond donors (Lipinski definition) is 1. The first-order valence-electron chi connectivity index (χ1n) is 7.39. The monoisotopic (exact) mass is 366 g/mol. The van der Waals surface area contributed by atoms with Crippen LogP contribution >= 0.6 is 0 Å². The Morgan fingerprint density at radius 1 is 1.20 bits per heavy atom. The van der Waals surface area contributed by atoms with Crippen molar-refractivity contribution in [3.63, 3.8) is 0 Å². The largest absolute Gasteiger partial charge is 0.484 e. The van der Waals surface area contributed by atoms with Crippen molar-refractivity contribution in [2.24, 2.45) is 0 Å². The van der Waals surface area contributed by atoms with Crippen LogP contribution in [0.1, 0.15) is 5.56 Å². The predicted molar refractivity (Wildman–Crippen MR) is 95.0 cm³/mol. The molecule has 0 unspecified atom stereocenters. The van der Waals surface area contributed by atoms with E-state index in [1.54, 1.807) is 37.3 Å². The number of anilines is 2. The summed E-state index contributed by atoms with van der Waals surface area (Å²) >= 11 is 0. The Balaban J connectivity index is 1.95. The van der Waals surface area contributed by atoms with Gasteiger partial charge in [0.2, 0.25) is 10.0 Å². The molecule has 25 heavy (non-hydrogen) atoms. The molecule has 0 spiro atoms. The molecule has 0 bridgehead atoms. The average Bonchev–Trinajstić information content (AvgIpc) is 2.55. The molecule has 134 valence electrons. The quantitative estimate of drug-likeness (QED) is 0.852. The molecule has 0 aliphatic carbocycles. The summed E-state index contributed by atoms with van der Waals surface area (Å²) in [7, 11) is -1.89. The third-order valence-corrected chi connectivity index (χ3v) is 4.75. The Bertz CT molecular complexity index is 867. The minimum absolute atomic E-state index is 0.253. The van der Waals surface area contributed by atoms with E-state index >= 15 is 0 Å². The van der Waals surface area contributed by atoms with Gasteiger partial charge in [-0.2, -0.15) is 0 Å². The first-order valence-corrected chi connectivity index (χ1v) is 9.24. The van der Waals surface area contributed by atoms with E-state index in [0.717, 1.165) is 16.1 Å². The molecular weight excluding hydrogens is 347 g/mol. The Kier molecular flexibility index (Phi) is 5.63. The molecule has 0 saturated heterocycles. The van der Waals surface area contributed by atoms with Crippen LogP contribution in [0.4, 0.5) is 15.8 Å². The second-order valence-corrected chi connectivity index (χ2v) is 7.53. The zero-order chi connectivity index (χ0) is 18.6. The molecule has 0 aliphatic heterocycles. The van der Waals surface area contributed by atoms with Crippen molar-refractivity contribution >= 4 is 27.3 Å². The number of carbonyl (C=O) groups is 1. The smallest absolute Gasteiger partial charge is 0.262 e. The number of amides is 1. The molecule has 1 N–H and O–H groups in total. The summed E-state index contributed by atoms with van der Waals surface area (Å²) in [5.41, 5.74) is 1.61. The van der Waals surface area contributed by atoms with Gasteiger partial charge in [-0.3, -0.25) is 9.10 Å². The summed E-state index contributed by atoms with van der Waals surface area (Å²) in [4.78, 5) is 11.9. The lowest BCUT2D eigenvalue weighted by atomic mass is 10.2. The fourth-order valence-corrected chi connectivity index (χ4v) is 2.51. The van der Waals surface area contributed by atoms with Gasteiger partial charge in [0.25, 0.3) is 5.91 Å². The first kappa shape index (κ1) is 18.7. The standard InChI is InChI=1S/C17H19FN2O4S/c1-12-4-5-13(18)10-16(12)19-17(21)11-24-15-8-6-14(7-9-15)20(2)25(3,22)23/h4-10H,11H2,1-3H3,(H,19,21). The predicted octanol–water partition coefficient (Wildman–Crippen LogP) is 2.55. The van der Waals surface area contributed by atoms with Crippen LogP contribution in [0.5, 0.6) is 5.75 Å². The van der Waals surface area contributed by atoms with Gasteiger partial charge in [0.15, 0.2) is 6.61 Å². The molecule has 8 heteroatoms. The fourth-order valence-electron chi connectivity index (χ4n) is 2.01. The van der Waals surface area contributed by atoms with E-state index in [2.05, 4.69) is 5.32 Å². The zero-order valence-corrected chi connectivity index (χ0v) is 14.9. The van der Waals surface area contributed by atoms with E-state index in [4.69, 9.17) is 4.74 Å². The van der Waals surface area contributed by atoms with Crippen molar-refractivity contribution in [1.29, 1.82) is 0 Å². The van der Waals surface area contributed by atoms with Crippen molar-refractivity contribution < 1.29 is 22.3 Å². The van der Waals surface area contributed by atoms with Crippen molar-refractivity contribution in [2.45, 2.75) is 6.92 Å². The second kappa shape index (κ2) is 7.52. The maximum Gasteiger partial charge on any atom is 0.262 e. The number of halogens is 1. The van der Waals surface area contributed by atoms with Gasteiger partial charge in [-0.15, -0.1) is 0 Å². The van der Waals surface area contributed by atoms with Gasteiger partial charge in [-0.1, -0.05) is 6.07 Å². The van der Waals surface area contributed by atoms with Crippen LogP contribution in [-0.2, 0) is 14.8 Å². The van der Waals surface area contributed by atoms with Gasteiger partial charge >= 0.3 is 0 Å². The van der Waals surface area contributed by atoms with Gasteiger partial charge in [-0.25, -0.2) is 12.8 Å². The van der Waals surface area contributed by atoms with Crippen LogP contribution in [0.3, 0.4) is 0 Å². The molecule has 6 nitrogen and oxygen atoms in total. The lowest BCUT2D eigenvalue weighted by Gasteiger charge is -2.16. The maximum absolute atomic E-state index is 13.2. The molecule has 0 fully saturated rings. The molecule has 0 heterocycles. The van der Waals surface area contributed by atoms with E-state index < -0.39 is 21.7 Å². The van der Waals surface area contributed by atoms with Gasteiger partial charge in [0.05, 0.1) is 11.9 Å².